The van der Waals surface area contributed by atoms with Crippen LogP contribution in [-0.2, 0) is 0 Å². The number of benzene rings is 1. The third-order valence-electron chi connectivity index (χ3n) is 2.37. The summed E-state index contributed by atoms with van der Waals surface area (Å²) in [5.41, 5.74) is 1.31. The van der Waals surface area contributed by atoms with Gasteiger partial charge in [0, 0.05) is 5.56 Å². The molecule has 2 rings (SSSR count). The second kappa shape index (κ2) is 5.18. The van der Waals surface area contributed by atoms with Crippen LogP contribution in [0.3, 0.4) is 0 Å². The summed E-state index contributed by atoms with van der Waals surface area (Å²) in [5, 5.41) is 9.87. The van der Waals surface area contributed by atoms with Gasteiger partial charge in [-0.25, -0.2) is 9.78 Å². The van der Waals surface area contributed by atoms with E-state index in [4.69, 9.17) is 9.84 Å². The van der Waals surface area contributed by atoms with E-state index in [1.165, 1.54) is 11.3 Å². The van der Waals surface area contributed by atoms with E-state index >= 15 is 0 Å². The molecule has 1 aromatic heterocycles. The Bertz CT molecular complexity index is 560. The van der Waals surface area contributed by atoms with Crippen LogP contribution in [0.2, 0.25) is 0 Å². The molecule has 0 bridgehead atoms. The van der Waals surface area contributed by atoms with E-state index in [0.29, 0.717) is 12.3 Å². The minimum atomic E-state index is -0.940. The summed E-state index contributed by atoms with van der Waals surface area (Å²) in [6.45, 7) is 4.32. The summed E-state index contributed by atoms with van der Waals surface area (Å²) in [7, 11) is 0. The van der Waals surface area contributed by atoms with Gasteiger partial charge in [0.05, 0.1) is 17.3 Å². The van der Waals surface area contributed by atoms with Crippen molar-refractivity contribution in [2.45, 2.75) is 13.8 Å². The van der Waals surface area contributed by atoms with Gasteiger partial charge in [-0.3, -0.25) is 0 Å². The topological polar surface area (TPSA) is 59.4 Å². The maximum atomic E-state index is 11.1. The standard InChI is InChI=1S/C13H13NO3S/c1-3-17-10-6-4-9(5-7-10)11-12(13(15)16)18-8(2)14-11/h4-7H,3H2,1-2H3,(H,15,16). The first-order valence-corrected chi connectivity index (χ1v) is 6.37. The molecule has 94 valence electrons. The van der Waals surface area contributed by atoms with Gasteiger partial charge in [0.2, 0.25) is 0 Å². The molecule has 4 nitrogen and oxygen atoms in total. The molecule has 2 aromatic rings. The number of aromatic carboxylic acids is 1. The lowest BCUT2D eigenvalue weighted by atomic mass is 10.1. The number of carbonyl (C=O) groups is 1. The third-order valence-corrected chi connectivity index (χ3v) is 3.33. The Morgan fingerprint density at radius 1 is 1.39 bits per heavy atom. The fourth-order valence-electron chi connectivity index (χ4n) is 1.64. The highest BCUT2D eigenvalue weighted by Crippen LogP contribution is 2.29. The molecule has 1 aromatic carbocycles. The molecule has 0 radical (unpaired) electrons. The van der Waals surface area contributed by atoms with E-state index < -0.39 is 5.97 Å². The van der Waals surface area contributed by atoms with Crippen LogP contribution in [0, 0.1) is 6.92 Å². The van der Waals surface area contributed by atoms with Crippen LogP contribution in [0.5, 0.6) is 5.75 Å². The molecule has 0 aliphatic rings. The van der Waals surface area contributed by atoms with Crippen molar-refractivity contribution in [2.24, 2.45) is 0 Å². The van der Waals surface area contributed by atoms with Gasteiger partial charge in [0.25, 0.3) is 0 Å². The Morgan fingerprint density at radius 2 is 2.06 bits per heavy atom. The van der Waals surface area contributed by atoms with E-state index in [9.17, 15) is 4.79 Å². The van der Waals surface area contributed by atoms with Crippen LogP contribution in [0.25, 0.3) is 11.3 Å². The van der Waals surface area contributed by atoms with E-state index in [2.05, 4.69) is 4.98 Å². The van der Waals surface area contributed by atoms with Crippen LogP contribution < -0.4 is 4.74 Å². The first-order valence-electron chi connectivity index (χ1n) is 5.55. The maximum Gasteiger partial charge on any atom is 0.348 e. The van der Waals surface area contributed by atoms with Crippen LogP contribution in [0.15, 0.2) is 24.3 Å². The lowest BCUT2D eigenvalue weighted by Crippen LogP contribution is -1.96. The Kier molecular flexibility index (Phi) is 3.62. The van der Waals surface area contributed by atoms with Crippen molar-refractivity contribution < 1.29 is 14.6 Å². The molecule has 0 saturated carbocycles. The number of ether oxygens (including phenoxy) is 1. The van der Waals surface area contributed by atoms with Gasteiger partial charge in [0.1, 0.15) is 10.6 Å². The number of rotatable bonds is 4. The molecule has 0 unspecified atom stereocenters. The zero-order chi connectivity index (χ0) is 13.1. The molecule has 0 amide bonds. The molecule has 0 aliphatic heterocycles. The second-order valence-electron chi connectivity index (χ2n) is 3.67. The van der Waals surface area contributed by atoms with Crippen molar-refractivity contribution in [1.82, 2.24) is 4.98 Å². The van der Waals surface area contributed by atoms with Crippen molar-refractivity contribution >= 4 is 17.3 Å². The third kappa shape index (κ3) is 2.51. The molecule has 0 atom stereocenters. The fraction of sp³-hybridized carbons (Fsp3) is 0.231. The van der Waals surface area contributed by atoms with E-state index in [1.807, 2.05) is 31.2 Å². The van der Waals surface area contributed by atoms with Crippen LogP contribution in [0.1, 0.15) is 21.6 Å². The Balaban J connectivity index is 2.39. The zero-order valence-electron chi connectivity index (χ0n) is 10.1. The highest BCUT2D eigenvalue weighted by Gasteiger charge is 2.17. The first-order chi connectivity index (χ1) is 8.61. The average molecular weight is 263 g/mol. The van der Waals surface area contributed by atoms with E-state index in [-0.39, 0.29) is 4.88 Å². The van der Waals surface area contributed by atoms with Crippen molar-refractivity contribution in [3.63, 3.8) is 0 Å². The molecule has 5 heteroatoms. The highest BCUT2D eigenvalue weighted by molar-refractivity contribution is 7.14. The maximum absolute atomic E-state index is 11.1. The van der Waals surface area contributed by atoms with Crippen LogP contribution >= 0.6 is 11.3 Å². The van der Waals surface area contributed by atoms with Crippen molar-refractivity contribution in [2.75, 3.05) is 6.61 Å². The fourth-order valence-corrected chi connectivity index (χ4v) is 2.42. The van der Waals surface area contributed by atoms with Gasteiger partial charge in [-0.15, -0.1) is 11.3 Å². The van der Waals surface area contributed by atoms with Gasteiger partial charge in [-0.2, -0.15) is 0 Å². The number of hydrogen-bond donors (Lipinski definition) is 1. The average Bonchev–Trinajstić information content (AvgIpc) is 2.73. The molecule has 0 aliphatic carbocycles. The first kappa shape index (κ1) is 12.6. The Labute approximate surface area is 109 Å². The van der Waals surface area contributed by atoms with Gasteiger partial charge in [-0.05, 0) is 38.1 Å². The smallest absolute Gasteiger partial charge is 0.348 e. The molecule has 1 heterocycles. The molecule has 18 heavy (non-hydrogen) atoms. The predicted molar refractivity (Wildman–Crippen MR) is 70.4 cm³/mol. The number of carboxylic acids is 1. The largest absolute Gasteiger partial charge is 0.494 e. The lowest BCUT2D eigenvalue weighted by molar-refractivity contribution is 0.0702. The van der Waals surface area contributed by atoms with Gasteiger partial charge in [-0.1, -0.05) is 0 Å². The number of aromatic nitrogens is 1. The summed E-state index contributed by atoms with van der Waals surface area (Å²) in [6, 6.07) is 7.29. The lowest BCUT2D eigenvalue weighted by Gasteiger charge is -2.04. The second-order valence-corrected chi connectivity index (χ2v) is 4.88. The molecule has 0 saturated heterocycles. The molecule has 0 fully saturated rings. The SMILES string of the molecule is CCOc1ccc(-c2nc(C)sc2C(=O)O)cc1. The Morgan fingerprint density at radius 3 is 2.61 bits per heavy atom. The van der Waals surface area contributed by atoms with E-state index in [1.54, 1.807) is 6.92 Å². The molecular weight excluding hydrogens is 250 g/mol. The summed E-state index contributed by atoms with van der Waals surface area (Å²) >= 11 is 1.19. The number of thiazole rings is 1. The van der Waals surface area contributed by atoms with Crippen LogP contribution in [-0.4, -0.2) is 22.7 Å². The molecule has 1 N–H and O–H groups in total. The number of nitrogens with zero attached hydrogens (tertiary/aromatic N) is 1. The minimum Gasteiger partial charge on any atom is -0.494 e. The summed E-state index contributed by atoms with van der Waals surface area (Å²) in [6.07, 6.45) is 0. The van der Waals surface area contributed by atoms with Gasteiger partial charge < -0.3 is 9.84 Å². The molecular formula is C13H13NO3S. The van der Waals surface area contributed by atoms with Crippen LogP contribution in [0.4, 0.5) is 0 Å². The van der Waals surface area contributed by atoms with Gasteiger partial charge in [0.15, 0.2) is 0 Å². The number of carboxylic acid groups (broad SMARTS) is 1. The monoisotopic (exact) mass is 263 g/mol. The predicted octanol–water partition coefficient (Wildman–Crippen LogP) is 3.22. The summed E-state index contributed by atoms with van der Waals surface area (Å²) in [5.74, 6) is -0.172. The normalized spacial score (nSPS) is 10.3. The number of hydrogen-bond acceptors (Lipinski definition) is 4. The highest BCUT2D eigenvalue weighted by atomic mass is 32.1. The minimum absolute atomic E-state index is 0.275. The quantitative estimate of drug-likeness (QED) is 0.920. The zero-order valence-corrected chi connectivity index (χ0v) is 11.0. The molecule has 0 spiro atoms. The Hall–Kier alpha value is -1.88. The van der Waals surface area contributed by atoms with Crippen molar-refractivity contribution in [3.05, 3.63) is 34.2 Å². The van der Waals surface area contributed by atoms with Crippen molar-refractivity contribution in [3.8, 4) is 17.0 Å². The summed E-state index contributed by atoms with van der Waals surface area (Å²) < 4.78 is 5.35. The van der Waals surface area contributed by atoms with E-state index in [0.717, 1.165) is 16.3 Å². The number of aryl methyl sites for hydroxylation is 1. The van der Waals surface area contributed by atoms with Gasteiger partial charge >= 0.3 is 5.97 Å². The summed E-state index contributed by atoms with van der Waals surface area (Å²) in [4.78, 5) is 15.7. The van der Waals surface area contributed by atoms with Crippen molar-refractivity contribution in [1.29, 1.82) is 0 Å².